The van der Waals surface area contributed by atoms with Gasteiger partial charge in [-0.1, -0.05) is 18.2 Å². The van der Waals surface area contributed by atoms with Crippen LogP contribution in [0.25, 0.3) is 0 Å². The molecule has 1 aromatic rings. The van der Waals surface area contributed by atoms with Crippen molar-refractivity contribution < 1.29 is 19.4 Å². The molecule has 0 aromatic heterocycles. The lowest BCUT2D eigenvalue weighted by Gasteiger charge is -2.19. The number of carbonyl (C=O) groups excluding carboxylic acids is 2. The lowest BCUT2D eigenvalue weighted by molar-refractivity contribution is -0.117. The van der Waals surface area contributed by atoms with Crippen molar-refractivity contribution in [3.8, 4) is 0 Å². The molecule has 1 atom stereocenters. The number of hydrogen-bond acceptors (Lipinski definition) is 4. The van der Waals surface area contributed by atoms with Crippen molar-refractivity contribution in [1.29, 1.82) is 0 Å². The summed E-state index contributed by atoms with van der Waals surface area (Å²) in [6, 6.07) is 6.97. The largest absolute Gasteiger partial charge is 0.512 e. The Kier molecular flexibility index (Phi) is 2.44. The molecule has 18 heavy (non-hydrogen) atoms. The monoisotopic (exact) mass is 244 g/mol. The van der Waals surface area contributed by atoms with Crippen LogP contribution in [0.1, 0.15) is 41.3 Å². The van der Waals surface area contributed by atoms with Crippen LogP contribution >= 0.6 is 0 Å². The standard InChI is InChI=1S/C14H12O4/c15-10-6-3-7-11(16)12(10)13-8-4-1-2-5-9(8)14(17)18-13/h1-2,4-5,13,15H,3,6-7H2/t13-/m0/s1. The van der Waals surface area contributed by atoms with Crippen molar-refractivity contribution in [3.63, 3.8) is 0 Å². The molecule has 1 aliphatic heterocycles. The number of fused-ring (bicyclic) bond motifs is 1. The SMILES string of the molecule is O=C1CCCC(O)=C1[C@H]1OC(=O)c2ccccc21. The van der Waals surface area contributed by atoms with Crippen LogP contribution in [-0.2, 0) is 9.53 Å². The minimum absolute atomic E-state index is 0.0563. The molecule has 0 saturated carbocycles. The number of rotatable bonds is 1. The summed E-state index contributed by atoms with van der Waals surface area (Å²) < 4.78 is 5.23. The Labute approximate surface area is 104 Å². The highest BCUT2D eigenvalue weighted by molar-refractivity contribution is 6.01. The molecule has 4 nitrogen and oxygen atoms in total. The maximum absolute atomic E-state index is 11.9. The Morgan fingerprint density at radius 2 is 1.94 bits per heavy atom. The van der Waals surface area contributed by atoms with Gasteiger partial charge in [-0.15, -0.1) is 0 Å². The van der Waals surface area contributed by atoms with E-state index in [1.54, 1.807) is 24.3 Å². The molecule has 3 rings (SSSR count). The Morgan fingerprint density at radius 3 is 2.72 bits per heavy atom. The van der Waals surface area contributed by atoms with Gasteiger partial charge in [0.1, 0.15) is 5.76 Å². The first kappa shape index (κ1) is 11.0. The second kappa shape index (κ2) is 3.98. The summed E-state index contributed by atoms with van der Waals surface area (Å²) in [5.74, 6) is -0.511. The lowest BCUT2D eigenvalue weighted by atomic mass is 9.89. The Hall–Kier alpha value is -2.10. The van der Waals surface area contributed by atoms with Gasteiger partial charge in [0.2, 0.25) is 0 Å². The molecule has 0 radical (unpaired) electrons. The third kappa shape index (κ3) is 1.53. The average Bonchev–Trinajstić information content (AvgIpc) is 2.68. The van der Waals surface area contributed by atoms with Crippen LogP contribution in [0.4, 0.5) is 0 Å². The van der Waals surface area contributed by atoms with E-state index in [1.165, 1.54) is 0 Å². The van der Waals surface area contributed by atoms with E-state index in [0.29, 0.717) is 30.4 Å². The van der Waals surface area contributed by atoms with E-state index in [4.69, 9.17) is 4.74 Å². The summed E-state index contributed by atoms with van der Waals surface area (Å²) in [5.41, 5.74) is 1.39. The van der Waals surface area contributed by atoms with Crippen molar-refractivity contribution in [2.24, 2.45) is 0 Å². The van der Waals surface area contributed by atoms with Gasteiger partial charge in [0, 0.05) is 18.4 Å². The Morgan fingerprint density at radius 1 is 1.17 bits per heavy atom. The van der Waals surface area contributed by atoms with Crippen LogP contribution in [0.2, 0.25) is 0 Å². The van der Waals surface area contributed by atoms with Gasteiger partial charge in [-0.25, -0.2) is 4.79 Å². The zero-order valence-electron chi connectivity index (χ0n) is 9.68. The van der Waals surface area contributed by atoms with Gasteiger partial charge < -0.3 is 9.84 Å². The summed E-state index contributed by atoms with van der Waals surface area (Å²) in [4.78, 5) is 23.6. The van der Waals surface area contributed by atoms with Crippen LogP contribution in [-0.4, -0.2) is 16.9 Å². The van der Waals surface area contributed by atoms with E-state index in [2.05, 4.69) is 0 Å². The summed E-state index contributed by atoms with van der Waals surface area (Å²) in [6.07, 6.45) is 0.783. The Balaban J connectivity index is 2.10. The number of carbonyl (C=O) groups is 2. The molecule has 0 unspecified atom stereocenters. The number of esters is 1. The van der Waals surface area contributed by atoms with E-state index in [-0.39, 0.29) is 17.1 Å². The van der Waals surface area contributed by atoms with Crippen LogP contribution in [0, 0.1) is 0 Å². The first-order valence-electron chi connectivity index (χ1n) is 5.93. The molecule has 4 heteroatoms. The third-order valence-electron chi connectivity index (χ3n) is 3.38. The fraction of sp³-hybridized carbons (Fsp3) is 0.286. The van der Waals surface area contributed by atoms with Crippen LogP contribution < -0.4 is 0 Å². The molecule has 92 valence electrons. The van der Waals surface area contributed by atoms with E-state index in [0.717, 1.165) is 0 Å². The van der Waals surface area contributed by atoms with Crippen molar-refractivity contribution in [2.75, 3.05) is 0 Å². The van der Waals surface area contributed by atoms with Crippen LogP contribution in [0.3, 0.4) is 0 Å². The number of allylic oxidation sites excluding steroid dienone is 1. The summed E-state index contributed by atoms with van der Waals surface area (Å²) in [7, 11) is 0. The van der Waals surface area contributed by atoms with Crippen LogP contribution in [0.15, 0.2) is 35.6 Å². The normalized spacial score (nSPS) is 23.0. The molecule has 0 amide bonds. The second-order valence-corrected chi connectivity index (χ2v) is 4.51. The first-order valence-corrected chi connectivity index (χ1v) is 5.93. The molecule has 0 bridgehead atoms. The highest BCUT2D eigenvalue weighted by Gasteiger charge is 2.38. The molecule has 0 fully saturated rings. The molecule has 1 heterocycles. The fourth-order valence-electron chi connectivity index (χ4n) is 2.50. The van der Waals surface area contributed by atoms with Crippen molar-refractivity contribution in [2.45, 2.75) is 25.4 Å². The molecule has 0 saturated heterocycles. The Bertz CT molecular complexity index is 571. The topological polar surface area (TPSA) is 63.6 Å². The van der Waals surface area contributed by atoms with Crippen molar-refractivity contribution in [3.05, 3.63) is 46.7 Å². The van der Waals surface area contributed by atoms with Gasteiger partial charge in [0.05, 0.1) is 11.1 Å². The maximum Gasteiger partial charge on any atom is 0.339 e. The lowest BCUT2D eigenvalue weighted by Crippen LogP contribution is -2.18. The summed E-state index contributed by atoms with van der Waals surface area (Å²) in [5, 5.41) is 9.88. The number of aliphatic hydroxyl groups excluding tert-OH is 1. The van der Waals surface area contributed by atoms with Gasteiger partial charge in [0.15, 0.2) is 11.9 Å². The predicted octanol–water partition coefficient (Wildman–Crippen LogP) is 2.46. The zero-order valence-corrected chi connectivity index (χ0v) is 9.68. The number of hydrogen-bond donors (Lipinski definition) is 1. The van der Waals surface area contributed by atoms with E-state index >= 15 is 0 Å². The van der Waals surface area contributed by atoms with Crippen molar-refractivity contribution >= 4 is 11.8 Å². The van der Waals surface area contributed by atoms with E-state index in [9.17, 15) is 14.7 Å². The van der Waals surface area contributed by atoms with E-state index < -0.39 is 12.1 Å². The molecule has 2 aliphatic rings. The second-order valence-electron chi connectivity index (χ2n) is 4.51. The van der Waals surface area contributed by atoms with Gasteiger partial charge >= 0.3 is 5.97 Å². The number of aliphatic hydroxyl groups is 1. The van der Waals surface area contributed by atoms with Crippen molar-refractivity contribution in [1.82, 2.24) is 0 Å². The number of Topliss-reactive ketones (excluding diaryl/α,β-unsaturated/α-hetero) is 1. The van der Waals surface area contributed by atoms with Gasteiger partial charge in [-0.3, -0.25) is 4.79 Å². The van der Waals surface area contributed by atoms with Gasteiger partial charge in [0.25, 0.3) is 0 Å². The van der Waals surface area contributed by atoms with Crippen LogP contribution in [0.5, 0.6) is 0 Å². The highest BCUT2D eigenvalue weighted by atomic mass is 16.5. The predicted molar refractivity (Wildman–Crippen MR) is 63.1 cm³/mol. The molecular weight excluding hydrogens is 232 g/mol. The number of cyclic esters (lactones) is 1. The summed E-state index contributed by atoms with van der Waals surface area (Å²) >= 11 is 0. The maximum atomic E-state index is 11.9. The van der Waals surface area contributed by atoms with Gasteiger partial charge in [-0.2, -0.15) is 0 Å². The van der Waals surface area contributed by atoms with Gasteiger partial charge in [-0.05, 0) is 12.5 Å². The number of ketones is 1. The minimum Gasteiger partial charge on any atom is -0.512 e. The highest BCUT2D eigenvalue weighted by Crippen LogP contribution is 2.39. The first-order chi connectivity index (χ1) is 8.68. The fourth-order valence-corrected chi connectivity index (χ4v) is 2.50. The summed E-state index contributed by atoms with van der Waals surface area (Å²) in [6.45, 7) is 0. The number of benzene rings is 1. The molecule has 1 N–H and O–H groups in total. The quantitative estimate of drug-likeness (QED) is 0.771. The third-order valence-corrected chi connectivity index (χ3v) is 3.38. The molecule has 1 aromatic carbocycles. The molecule has 1 aliphatic carbocycles. The minimum atomic E-state index is -0.735. The molecular formula is C14H12O4. The zero-order chi connectivity index (χ0) is 12.7. The smallest absolute Gasteiger partial charge is 0.339 e. The number of ether oxygens (including phenoxy) is 1. The average molecular weight is 244 g/mol. The van der Waals surface area contributed by atoms with E-state index in [1.807, 2.05) is 0 Å². The molecule has 0 spiro atoms.